The molecule has 118 valence electrons. The van der Waals surface area contributed by atoms with Crippen LogP contribution >= 0.6 is 12.6 Å². The van der Waals surface area contributed by atoms with Crippen molar-refractivity contribution in [2.45, 2.75) is 18.3 Å². The van der Waals surface area contributed by atoms with E-state index in [9.17, 15) is 4.79 Å². The Balaban J connectivity index is 1.84. The summed E-state index contributed by atoms with van der Waals surface area (Å²) >= 11 is 3.91. The zero-order chi connectivity index (χ0) is 15.3. The monoisotopic (exact) mass is 314 g/mol. The Morgan fingerprint density at radius 2 is 1.57 bits per heavy atom. The van der Waals surface area contributed by atoms with E-state index >= 15 is 0 Å². The van der Waals surface area contributed by atoms with Gasteiger partial charge in [0, 0.05) is 6.61 Å². The highest BCUT2D eigenvalue weighted by Crippen LogP contribution is 2.01. The predicted octanol–water partition coefficient (Wildman–Crippen LogP) is 2.01. The zero-order valence-electron chi connectivity index (χ0n) is 11.9. The van der Waals surface area contributed by atoms with E-state index in [1.165, 1.54) is 0 Å². The maximum absolute atomic E-state index is 10.5. The number of carbonyl (C=O) groups is 1. The van der Waals surface area contributed by atoms with Crippen LogP contribution in [0.3, 0.4) is 0 Å². The largest absolute Gasteiger partial charge is 0.480 e. The first-order valence-electron chi connectivity index (χ1n) is 6.88. The van der Waals surface area contributed by atoms with Gasteiger partial charge in [0.25, 0.3) is 0 Å². The second-order valence-corrected chi connectivity index (χ2v) is 5.03. The van der Waals surface area contributed by atoms with Crippen LogP contribution in [0, 0.1) is 0 Å². The fourth-order valence-corrected chi connectivity index (χ4v) is 1.63. The van der Waals surface area contributed by atoms with Crippen LogP contribution in [0.25, 0.3) is 0 Å². The lowest BCUT2D eigenvalue weighted by molar-refractivity contribution is -0.136. The Morgan fingerprint density at radius 3 is 2.19 bits per heavy atom. The molecule has 6 heteroatoms. The van der Waals surface area contributed by atoms with Gasteiger partial charge in [0.2, 0.25) is 0 Å². The van der Waals surface area contributed by atoms with Crippen LogP contribution in [0.1, 0.15) is 12.0 Å². The molecule has 0 saturated heterocycles. The van der Waals surface area contributed by atoms with Crippen molar-refractivity contribution < 1.29 is 24.1 Å². The third-order valence-electron chi connectivity index (χ3n) is 2.68. The number of benzene rings is 1. The minimum absolute atomic E-state index is 0.369. The summed E-state index contributed by atoms with van der Waals surface area (Å²) in [5.74, 6) is -0.922. The normalized spacial score (nSPS) is 12.2. The molecule has 0 radical (unpaired) electrons. The molecule has 1 rings (SSSR count). The maximum Gasteiger partial charge on any atom is 0.316 e. The minimum Gasteiger partial charge on any atom is -0.480 e. The number of rotatable bonds is 12. The summed E-state index contributed by atoms with van der Waals surface area (Å²) in [6, 6.07) is 9.96. The van der Waals surface area contributed by atoms with Crippen LogP contribution in [0.15, 0.2) is 30.3 Å². The highest BCUT2D eigenvalue weighted by atomic mass is 32.1. The van der Waals surface area contributed by atoms with E-state index in [1.807, 2.05) is 30.3 Å². The molecular formula is C15H22O5S. The first kappa shape index (κ1) is 18.0. The van der Waals surface area contributed by atoms with Crippen molar-refractivity contribution in [2.24, 2.45) is 0 Å². The summed E-state index contributed by atoms with van der Waals surface area (Å²) in [6.45, 7) is 2.92. The van der Waals surface area contributed by atoms with E-state index in [4.69, 9.17) is 19.3 Å². The van der Waals surface area contributed by atoms with Crippen molar-refractivity contribution in [3.63, 3.8) is 0 Å². The summed E-state index contributed by atoms with van der Waals surface area (Å²) < 4.78 is 16.1. The van der Waals surface area contributed by atoms with Crippen molar-refractivity contribution in [1.29, 1.82) is 0 Å². The molecule has 0 aliphatic rings. The van der Waals surface area contributed by atoms with Gasteiger partial charge in [-0.1, -0.05) is 30.3 Å². The van der Waals surface area contributed by atoms with Crippen molar-refractivity contribution in [3.8, 4) is 0 Å². The fraction of sp³-hybridized carbons (Fsp3) is 0.533. The third kappa shape index (κ3) is 9.47. The quantitative estimate of drug-likeness (QED) is 0.456. The molecule has 0 saturated carbocycles. The zero-order valence-corrected chi connectivity index (χ0v) is 12.8. The molecule has 0 amide bonds. The molecule has 1 aromatic rings. The molecule has 5 nitrogen and oxygen atoms in total. The number of thiol groups is 1. The first-order valence-corrected chi connectivity index (χ1v) is 7.40. The third-order valence-corrected chi connectivity index (χ3v) is 3.16. The first-order chi connectivity index (χ1) is 10.2. The summed E-state index contributed by atoms with van der Waals surface area (Å²) in [4.78, 5) is 10.5. The Kier molecular flexibility index (Phi) is 9.90. The molecule has 0 bridgehead atoms. The molecule has 0 aromatic heterocycles. The number of carboxylic acid groups (broad SMARTS) is 1. The molecule has 1 atom stereocenters. The van der Waals surface area contributed by atoms with E-state index < -0.39 is 11.2 Å². The lowest BCUT2D eigenvalue weighted by Gasteiger charge is -2.08. The molecule has 1 unspecified atom stereocenters. The average Bonchev–Trinajstić information content (AvgIpc) is 2.49. The molecule has 21 heavy (non-hydrogen) atoms. The van der Waals surface area contributed by atoms with E-state index in [0.717, 1.165) is 5.56 Å². The summed E-state index contributed by atoms with van der Waals surface area (Å²) in [5, 5.41) is 7.95. The van der Waals surface area contributed by atoms with Crippen LogP contribution in [0.5, 0.6) is 0 Å². The van der Waals surface area contributed by atoms with Gasteiger partial charge in [-0.2, -0.15) is 12.6 Å². The van der Waals surface area contributed by atoms with Crippen molar-refractivity contribution in [3.05, 3.63) is 35.9 Å². The van der Waals surface area contributed by atoms with Gasteiger partial charge < -0.3 is 19.3 Å². The maximum atomic E-state index is 10.5. The van der Waals surface area contributed by atoms with Gasteiger partial charge in [0.15, 0.2) is 0 Å². The second kappa shape index (κ2) is 11.6. The standard InChI is InChI=1S/C15H22O5S/c16-15(17)14(21)6-7-18-8-9-19-10-11-20-12-13-4-2-1-3-5-13/h1-5,14,21H,6-12H2,(H,16,17). The topological polar surface area (TPSA) is 65.0 Å². The fourth-order valence-electron chi connectivity index (χ4n) is 1.52. The van der Waals surface area contributed by atoms with E-state index in [1.54, 1.807) is 0 Å². The number of hydrogen-bond donors (Lipinski definition) is 2. The van der Waals surface area contributed by atoms with Crippen molar-refractivity contribution in [2.75, 3.05) is 33.0 Å². The van der Waals surface area contributed by atoms with Gasteiger partial charge >= 0.3 is 5.97 Å². The molecular weight excluding hydrogens is 292 g/mol. The van der Waals surface area contributed by atoms with Crippen LogP contribution < -0.4 is 0 Å². The molecule has 1 N–H and O–H groups in total. The van der Waals surface area contributed by atoms with Gasteiger partial charge in [-0.15, -0.1) is 0 Å². The number of carboxylic acids is 1. The molecule has 0 fully saturated rings. The molecule has 1 aromatic carbocycles. The van der Waals surface area contributed by atoms with Crippen LogP contribution in [0.2, 0.25) is 0 Å². The summed E-state index contributed by atoms with van der Waals surface area (Å²) in [5.41, 5.74) is 1.14. The highest BCUT2D eigenvalue weighted by Gasteiger charge is 2.10. The Bertz CT molecular complexity index is 385. The Labute approximate surface area is 130 Å². The lowest BCUT2D eigenvalue weighted by Crippen LogP contribution is -2.17. The smallest absolute Gasteiger partial charge is 0.316 e. The van der Waals surface area contributed by atoms with E-state index in [2.05, 4.69) is 12.6 Å². The summed E-state index contributed by atoms with van der Waals surface area (Å²) in [7, 11) is 0. The number of ether oxygens (including phenoxy) is 3. The number of aliphatic carboxylic acids is 1. The van der Waals surface area contributed by atoms with Crippen LogP contribution in [-0.2, 0) is 25.6 Å². The Hall–Kier alpha value is -1.08. The van der Waals surface area contributed by atoms with E-state index in [-0.39, 0.29) is 0 Å². The second-order valence-electron chi connectivity index (χ2n) is 4.41. The minimum atomic E-state index is -0.922. The number of hydrogen-bond acceptors (Lipinski definition) is 5. The molecule has 0 aliphatic heterocycles. The average molecular weight is 314 g/mol. The lowest BCUT2D eigenvalue weighted by atomic mass is 10.2. The highest BCUT2D eigenvalue weighted by molar-refractivity contribution is 7.81. The molecule has 0 aliphatic carbocycles. The van der Waals surface area contributed by atoms with Crippen molar-refractivity contribution in [1.82, 2.24) is 0 Å². The van der Waals surface area contributed by atoms with E-state index in [0.29, 0.717) is 46.1 Å². The molecule has 0 spiro atoms. The van der Waals surface area contributed by atoms with Gasteiger partial charge in [0.1, 0.15) is 5.25 Å². The molecule has 0 heterocycles. The van der Waals surface area contributed by atoms with Crippen LogP contribution in [-0.4, -0.2) is 49.4 Å². The summed E-state index contributed by atoms with van der Waals surface area (Å²) in [6.07, 6.45) is 0.388. The van der Waals surface area contributed by atoms with Crippen molar-refractivity contribution >= 4 is 18.6 Å². The SMILES string of the molecule is O=C(O)C(S)CCOCCOCCOCc1ccccc1. The Morgan fingerprint density at radius 1 is 1.00 bits per heavy atom. The predicted molar refractivity (Wildman–Crippen MR) is 82.8 cm³/mol. The van der Waals surface area contributed by atoms with Gasteiger partial charge in [0.05, 0.1) is 33.0 Å². The van der Waals surface area contributed by atoms with Crippen LogP contribution in [0.4, 0.5) is 0 Å². The van der Waals surface area contributed by atoms with Gasteiger partial charge in [-0.05, 0) is 12.0 Å². The van der Waals surface area contributed by atoms with Gasteiger partial charge in [-0.25, -0.2) is 0 Å². The van der Waals surface area contributed by atoms with Gasteiger partial charge in [-0.3, -0.25) is 4.79 Å².